The second-order valence-electron chi connectivity index (χ2n) is 7.20. The molecule has 4 rings (SSSR count). The van der Waals surface area contributed by atoms with Crippen molar-refractivity contribution in [2.24, 2.45) is 0 Å². The molecule has 4 aromatic rings. The van der Waals surface area contributed by atoms with Crippen LogP contribution in [0.1, 0.15) is 22.3 Å². The summed E-state index contributed by atoms with van der Waals surface area (Å²) in [6.07, 6.45) is 0. The predicted octanol–water partition coefficient (Wildman–Crippen LogP) is 4.33. The van der Waals surface area contributed by atoms with Crippen LogP contribution >= 0.6 is 11.8 Å². The number of methoxy groups -OCH3 is 1. The Balaban J connectivity index is 1.72. The van der Waals surface area contributed by atoms with Crippen LogP contribution in [0.4, 0.5) is 0 Å². The van der Waals surface area contributed by atoms with Gasteiger partial charge in [-0.05, 0) is 54.8 Å². The minimum atomic E-state index is -0.514. The Hall–Kier alpha value is -3.83. The summed E-state index contributed by atoms with van der Waals surface area (Å²) in [5.74, 6) is 1.05. The molecular formula is C24H19N3O4S. The number of fused-ring (bicyclic) bond motifs is 1. The summed E-state index contributed by atoms with van der Waals surface area (Å²) < 4.78 is 10.6. The topological polar surface area (TPSA) is 109 Å². The molecule has 8 heteroatoms. The van der Waals surface area contributed by atoms with Crippen LogP contribution in [-0.2, 0) is 5.75 Å². The third-order valence-electron chi connectivity index (χ3n) is 5.25. The smallest absolute Gasteiger partial charge is 0.336 e. The van der Waals surface area contributed by atoms with Gasteiger partial charge in [0.15, 0.2) is 5.16 Å². The van der Waals surface area contributed by atoms with Crippen LogP contribution in [0.25, 0.3) is 22.2 Å². The molecule has 0 fully saturated rings. The first-order valence-corrected chi connectivity index (χ1v) is 10.7. The third kappa shape index (κ3) is 4.03. The molecule has 32 heavy (non-hydrogen) atoms. The van der Waals surface area contributed by atoms with Gasteiger partial charge in [0.1, 0.15) is 23.0 Å². The fraction of sp³-hybridized carbons (Fsp3) is 0.167. The quantitative estimate of drug-likeness (QED) is 0.277. The number of aryl methyl sites for hydroxylation is 2. The molecule has 0 bridgehead atoms. The summed E-state index contributed by atoms with van der Waals surface area (Å²) in [5, 5.41) is 10.7. The second kappa shape index (κ2) is 8.73. The minimum Gasteiger partial charge on any atom is -0.497 e. The summed E-state index contributed by atoms with van der Waals surface area (Å²) >= 11 is 1.28. The largest absolute Gasteiger partial charge is 0.497 e. The number of H-pyrrole nitrogens is 1. The molecule has 0 atom stereocenters. The lowest BCUT2D eigenvalue weighted by Crippen LogP contribution is -2.14. The zero-order chi connectivity index (χ0) is 22.8. The number of nitrogens with zero attached hydrogens (tertiary/aromatic N) is 2. The highest BCUT2D eigenvalue weighted by molar-refractivity contribution is 7.98. The van der Waals surface area contributed by atoms with Crippen molar-refractivity contribution >= 4 is 22.7 Å². The standard InChI is InChI=1S/C24H19N3O4S/c1-13-4-9-18-16(10-20(28)31-22(18)14(13)2)12-32-24-26-21(19(11-25)23(29)27-24)15-5-7-17(30-3)8-6-15/h4-10H,12H2,1-3H3,(H,26,27,29). The average molecular weight is 446 g/mol. The minimum absolute atomic E-state index is 0.0589. The van der Waals surface area contributed by atoms with Gasteiger partial charge in [-0.2, -0.15) is 5.26 Å². The fourth-order valence-corrected chi connectivity index (χ4v) is 4.22. The molecule has 2 heterocycles. The van der Waals surface area contributed by atoms with E-state index in [0.29, 0.717) is 33.5 Å². The predicted molar refractivity (Wildman–Crippen MR) is 123 cm³/mol. The van der Waals surface area contributed by atoms with E-state index in [9.17, 15) is 14.9 Å². The maximum Gasteiger partial charge on any atom is 0.336 e. The number of thioether (sulfide) groups is 1. The molecule has 7 nitrogen and oxygen atoms in total. The van der Waals surface area contributed by atoms with Gasteiger partial charge in [-0.15, -0.1) is 0 Å². The third-order valence-corrected chi connectivity index (χ3v) is 6.18. The van der Waals surface area contributed by atoms with Crippen LogP contribution in [0, 0.1) is 25.2 Å². The van der Waals surface area contributed by atoms with Gasteiger partial charge < -0.3 is 14.1 Å². The van der Waals surface area contributed by atoms with E-state index in [4.69, 9.17) is 9.15 Å². The number of benzene rings is 2. The second-order valence-corrected chi connectivity index (χ2v) is 8.16. The summed E-state index contributed by atoms with van der Waals surface area (Å²) in [6.45, 7) is 3.88. The molecule has 160 valence electrons. The molecule has 0 aliphatic rings. The van der Waals surface area contributed by atoms with E-state index in [1.807, 2.05) is 32.0 Å². The zero-order valence-corrected chi connectivity index (χ0v) is 18.5. The van der Waals surface area contributed by atoms with Crippen LogP contribution in [0.15, 0.2) is 61.6 Å². The first kappa shape index (κ1) is 21.4. The van der Waals surface area contributed by atoms with Crippen molar-refractivity contribution < 1.29 is 9.15 Å². The van der Waals surface area contributed by atoms with Gasteiger partial charge in [0.05, 0.1) is 12.8 Å². The molecule has 2 aromatic carbocycles. The number of rotatable bonds is 5. The van der Waals surface area contributed by atoms with Crippen molar-refractivity contribution in [1.29, 1.82) is 5.26 Å². The molecule has 0 unspecified atom stereocenters. The summed E-state index contributed by atoms with van der Waals surface area (Å²) in [4.78, 5) is 31.8. The molecule has 2 aromatic heterocycles. The lowest BCUT2D eigenvalue weighted by Gasteiger charge is -2.10. The van der Waals surface area contributed by atoms with Crippen LogP contribution < -0.4 is 15.9 Å². The van der Waals surface area contributed by atoms with E-state index in [2.05, 4.69) is 9.97 Å². The van der Waals surface area contributed by atoms with E-state index in [-0.39, 0.29) is 5.56 Å². The summed E-state index contributed by atoms with van der Waals surface area (Å²) in [5.41, 5.74) is 3.22. The normalized spacial score (nSPS) is 10.8. The lowest BCUT2D eigenvalue weighted by molar-refractivity contribution is 0.415. The number of ether oxygens (including phenoxy) is 1. The molecule has 0 saturated carbocycles. The maximum atomic E-state index is 12.5. The van der Waals surface area contributed by atoms with E-state index in [1.54, 1.807) is 31.4 Å². The monoisotopic (exact) mass is 445 g/mol. The SMILES string of the molecule is COc1ccc(-c2nc(SCc3cc(=O)oc4c(C)c(C)ccc34)[nH]c(=O)c2C#N)cc1. The molecule has 0 saturated heterocycles. The van der Waals surface area contributed by atoms with Gasteiger partial charge in [0.25, 0.3) is 5.56 Å². The molecule has 0 aliphatic heterocycles. The van der Waals surface area contributed by atoms with Gasteiger partial charge in [0, 0.05) is 22.8 Å². The van der Waals surface area contributed by atoms with Crippen molar-refractivity contribution in [2.45, 2.75) is 24.8 Å². The van der Waals surface area contributed by atoms with Crippen molar-refractivity contribution in [3.63, 3.8) is 0 Å². The van der Waals surface area contributed by atoms with E-state index >= 15 is 0 Å². The Labute approximate surface area is 187 Å². The van der Waals surface area contributed by atoms with Gasteiger partial charge in [-0.3, -0.25) is 4.79 Å². The van der Waals surface area contributed by atoms with Crippen molar-refractivity contribution in [3.05, 3.63) is 85.5 Å². The van der Waals surface area contributed by atoms with E-state index < -0.39 is 11.2 Å². The van der Waals surface area contributed by atoms with Crippen LogP contribution in [0.3, 0.4) is 0 Å². The Morgan fingerprint density at radius 2 is 1.91 bits per heavy atom. The first-order valence-electron chi connectivity index (χ1n) is 9.76. The maximum absolute atomic E-state index is 12.5. The van der Waals surface area contributed by atoms with Gasteiger partial charge in [0.2, 0.25) is 0 Å². The number of hydrogen-bond donors (Lipinski definition) is 1. The van der Waals surface area contributed by atoms with Crippen molar-refractivity contribution in [2.75, 3.05) is 7.11 Å². The Morgan fingerprint density at radius 3 is 2.59 bits per heavy atom. The van der Waals surface area contributed by atoms with Gasteiger partial charge in [-0.1, -0.05) is 23.9 Å². The highest BCUT2D eigenvalue weighted by Gasteiger charge is 2.15. The van der Waals surface area contributed by atoms with Crippen LogP contribution in [0.5, 0.6) is 5.75 Å². The highest BCUT2D eigenvalue weighted by atomic mass is 32.2. The van der Waals surface area contributed by atoms with Crippen molar-refractivity contribution in [3.8, 4) is 23.1 Å². The summed E-state index contributed by atoms with van der Waals surface area (Å²) in [6, 6.07) is 14.3. The zero-order valence-electron chi connectivity index (χ0n) is 17.7. The molecular weight excluding hydrogens is 426 g/mol. The van der Waals surface area contributed by atoms with Gasteiger partial charge in [-0.25, -0.2) is 9.78 Å². The van der Waals surface area contributed by atoms with Crippen LogP contribution in [-0.4, -0.2) is 17.1 Å². The van der Waals surface area contributed by atoms with E-state index in [1.165, 1.54) is 17.8 Å². The number of aromatic nitrogens is 2. The molecule has 0 radical (unpaired) electrons. The number of aromatic amines is 1. The summed E-state index contributed by atoms with van der Waals surface area (Å²) in [7, 11) is 1.56. The number of nitrogens with one attached hydrogen (secondary N) is 1. The molecule has 0 amide bonds. The first-order chi connectivity index (χ1) is 15.4. The molecule has 1 N–H and O–H groups in total. The highest BCUT2D eigenvalue weighted by Crippen LogP contribution is 2.29. The Morgan fingerprint density at radius 1 is 1.16 bits per heavy atom. The number of nitriles is 1. The average Bonchev–Trinajstić information content (AvgIpc) is 2.80. The van der Waals surface area contributed by atoms with E-state index in [0.717, 1.165) is 22.1 Å². The molecule has 0 spiro atoms. The Kier molecular flexibility index (Phi) is 5.84. The Bertz CT molecular complexity index is 1480. The lowest BCUT2D eigenvalue weighted by atomic mass is 10.0. The fourth-order valence-electron chi connectivity index (χ4n) is 3.37. The number of hydrogen-bond acceptors (Lipinski definition) is 7. The van der Waals surface area contributed by atoms with Gasteiger partial charge >= 0.3 is 5.63 Å². The molecule has 0 aliphatic carbocycles. The van der Waals surface area contributed by atoms with Crippen LogP contribution in [0.2, 0.25) is 0 Å². The van der Waals surface area contributed by atoms with Crippen molar-refractivity contribution in [1.82, 2.24) is 9.97 Å².